The second kappa shape index (κ2) is 4.11. The monoisotopic (exact) mass is 147 g/mol. The zero-order chi connectivity index (χ0) is 8.15. The van der Waals surface area contributed by atoms with E-state index in [4.69, 9.17) is 10.8 Å². The third-order valence-corrected chi connectivity index (χ3v) is 0.990. The van der Waals surface area contributed by atoms with E-state index in [9.17, 15) is 4.79 Å². The van der Waals surface area contributed by atoms with Crippen LogP contribution in [0.5, 0.6) is 0 Å². The molecule has 4 nitrogen and oxygen atoms in total. The Bertz CT molecular complexity index is 114. The van der Waals surface area contributed by atoms with Crippen molar-refractivity contribution in [3.05, 3.63) is 0 Å². The van der Waals surface area contributed by atoms with Gasteiger partial charge in [-0.2, -0.15) is 0 Å². The van der Waals surface area contributed by atoms with Crippen LogP contribution in [-0.4, -0.2) is 23.4 Å². The Labute approximate surface area is 60.0 Å². The molecule has 1 amide bonds. The highest BCUT2D eigenvalue weighted by Crippen LogP contribution is 2.00. The summed E-state index contributed by atoms with van der Waals surface area (Å²) in [5.41, 5.74) is 4.73. The van der Waals surface area contributed by atoms with Crippen molar-refractivity contribution >= 4 is 6.09 Å². The first kappa shape index (κ1) is 9.23. The molecule has 0 saturated carbocycles. The lowest BCUT2D eigenvalue weighted by Crippen LogP contribution is -2.23. The number of nitrogens with two attached hydrogens (primary N) is 1. The fourth-order valence-corrected chi connectivity index (χ4v) is 0.727. The highest BCUT2D eigenvalue weighted by Gasteiger charge is 2.08. The molecule has 0 aromatic carbocycles. The molecule has 4 heteroatoms. The number of amides is 1. The van der Waals surface area contributed by atoms with E-state index in [0.29, 0.717) is 6.42 Å². The third-order valence-electron chi connectivity index (χ3n) is 0.990. The molecule has 0 spiro atoms. The van der Waals surface area contributed by atoms with Gasteiger partial charge in [0.2, 0.25) is 0 Å². The molecule has 2 atom stereocenters. The number of carbonyl (C=O) groups excluding carboxylic acids is 1. The molecule has 0 bridgehead atoms. The molecule has 0 radical (unpaired) electrons. The van der Waals surface area contributed by atoms with E-state index in [1.807, 2.05) is 0 Å². The fraction of sp³-hybridized carbons (Fsp3) is 0.833. The minimum Gasteiger partial charge on any atom is -0.447 e. The van der Waals surface area contributed by atoms with Gasteiger partial charge < -0.3 is 15.6 Å². The molecule has 0 rings (SSSR count). The summed E-state index contributed by atoms with van der Waals surface area (Å²) in [4.78, 5) is 10.1. The average Bonchev–Trinajstić information content (AvgIpc) is 1.58. The quantitative estimate of drug-likeness (QED) is 0.600. The lowest BCUT2D eigenvalue weighted by Gasteiger charge is -2.12. The maximum Gasteiger partial charge on any atom is 0.404 e. The van der Waals surface area contributed by atoms with Gasteiger partial charge in [-0.1, -0.05) is 0 Å². The van der Waals surface area contributed by atoms with E-state index >= 15 is 0 Å². The van der Waals surface area contributed by atoms with Gasteiger partial charge in [0.25, 0.3) is 0 Å². The predicted molar refractivity (Wildman–Crippen MR) is 36.4 cm³/mol. The number of rotatable bonds is 3. The van der Waals surface area contributed by atoms with E-state index in [0.717, 1.165) is 0 Å². The Morgan fingerprint density at radius 3 is 2.50 bits per heavy atom. The zero-order valence-corrected chi connectivity index (χ0v) is 6.20. The van der Waals surface area contributed by atoms with Crippen LogP contribution in [0.15, 0.2) is 0 Å². The van der Waals surface area contributed by atoms with Gasteiger partial charge in [-0.3, -0.25) is 0 Å². The molecule has 0 aromatic rings. The molecule has 0 saturated heterocycles. The minimum absolute atomic E-state index is 0.308. The summed E-state index contributed by atoms with van der Waals surface area (Å²) in [6, 6.07) is 0. The van der Waals surface area contributed by atoms with Crippen molar-refractivity contribution in [1.82, 2.24) is 0 Å². The van der Waals surface area contributed by atoms with Crippen LogP contribution >= 0.6 is 0 Å². The molecule has 60 valence electrons. The van der Waals surface area contributed by atoms with Gasteiger partial charge >= 0.3 is 6.09 Å². The van der Waals surface area contributed by atoms with Crippen molar-refractivity contribution in [2.45, 2.75) is 32.5 Å². The molecule has 0 aromatic heterocycles. The van der Waals surface area contributed by atoms with Gasteiger partial charge in [-0.15, -0.1) is 0 Å². The van der Waals surface area contributed by atoms with Crippen LogP contribution in [-0.2, 0) is 4.74 Å². The first-order chi connectivity index (χ1) is 4.52. The fourth-order valence-electron chi connectivity index (χ4n) is 0.727. The molecule has 10 heavy (non-hydrogen) atoms. The number of hydrogen-bond acceptors (Lipinski definition) is 3. The van der Waals surface area contributed by atoms with E-state index in [1.54, 1.807) is 13.8 Å². The highest BCUT2D eigenvalue weighted by molar-refractivity contribution is 5.64. The highest BCUT2D eigenvalue weighted by atomic mass is 16.6. The van der Waals surface area contributed by atoms with Gasteiger partial charge in [0.1, 0.15) is 6.10 Å². The Kier molecular flexibility index (Phi) is 3.79. The lowest BCUT2D eigenvalue weighted by atomic mass is 10.2. The van der Waals surface area contributed by atoms with Crippen LogP contribution < -0.4 is 5.73 Å². The van der Waals surface area contributed by atoms with Gasteiger partial charge in [0, 0.05) is 6.42 Å². The van der Waals surface area contributed by atoms with Gasteiger partial charge in [0.05, 0.1) is 6.10 Å². The number of aliphatic hydroxyl groups excluding tert-OH is 1. The van der Waals surface area contributed by atoms with Crippen molar-refractivity contribution in [3.8, 4) is 0 Å². The van der Waals surface area contributed by atoms with E-state index in [2.05, 4.69) is 4.74 Å². The molecule has 0 aliphatic rings. The largest absolute Gasteiger partial charge is 0.447 e. The van der Waals surface area contributed by atoms with E-state index in [-0.39, 0.29) is 6.10 Å². The summed E-state index contributed by atoms with van der Waals surface area (Å²) in [6.07, 6.45) is -1.15. The number of ether oxygens (including phenoxy) is 1. The van der Waals surface area contributed by atoms with Crippen molar-refractivity contribution in [1.29, 1.82) is 0 Å². The summed E-state index contributed by atoms with van der Waals surface area (Å²) in [7, 11) is 0. The number of hydrogen-bond donors (Lipinski definition) is 2. The van der Waals surface area contributed by atoms with Crippen LogP contribution in [0.1, 0.15) is 20.3 Å². The molecule has 3 N–H and O–H groups in total. The van der Waals surface area contributed by atoms with Crippen LogP contribution in [0.4, 0.5) is 4.79 Å². The van der Waals surface area contributed by atoms with Gasteiger partial charge in [-0.25, -0.2) is 4.79 Å². The van der Waals surface area contributed by atoms with Crippen molar-refractivity contribution in [3.63, 3.8) is 0 Å². The maximum atomic E-state index is 10.1. The van der Waals surface area contributed by atoms with Crippen LogP contribution in [0.3, 0.4) is 0 Å². The lowest BCUT2D eigenvalue weighted by molar-refractivity contribution is 0.0746. The van der Waals surface area contributed by atoms with E-state index < -0.39 is 12.2 Å². The zero-order valence-electron chi connectivity index (χ0n) is 6.20. The molecular formula is C6H13NO3. The maximum absolute atomic E-state index is 10.1. The van der Waals surface area contributed by atoms with Crippen LogP contribution in [0.25, 0.3) is 0 Å². The molecule has 0 unspecified atom stereocenters. The SMILES string of the molecule is C[C@H](O)C[C@H](C)OC(N)=O. The van der Waals surface area contributed by atoms with Crippen molar-refractivity contribution in [2.75, 3.05) is 0 Å². The number of carbonyl (C=O) groups is 1. The Balaban J connectivity index is 3.43. The number of primary amides is 1. The minimum atomic E-state index is -0.798. The van der Waals surface area contributed by atoms with Crippen LogP contribution in [0, 0.1) is 0 Å². The standard InChI is InChI=1S/C6H13NO3/c1-4(8)3-5(2)10-6(7)9/h4-5,8H,3H2,1-2H3,(H2,7,9)/t4-,5-/m0/s1. The number of aliphatic hydroxyl groups is 1. The first-order valence-electron chi connectivity index (χ1n) is 3.16. The Hall–Kier alpha value is -0.770. The third kappa shape index (κ3) is 5.37. The Morgan fingerprint density at radius 1 is 1.70 bits per heavy atom. The second-order valence-electron chi connectivity index (χ2n) is 2.33. The molecule has 0 aliphatic heterocycles. The summed E-state index contributed by atoms with van der Waals surface area (Å²) in [5.74, 6) is 0. The summed E-state index contributed by atoms with van der Waals surface area (Å²) in [5, 5.41) is 8.80. The van der Waals surface area contributed by atoms with Crippen molar-refractivity contribution < 1.29 is 14.6 Å². The van der Waals surface area contributed by atoms with Gasteiger partial charge in [0.15, 0.2) is 0 Å². The average molecular weight is 147 g/mol. The summed E-state index contributed by atoms with van der Waals surface area (Å²) in [6.45, 7) is 3.30. The predicted octanol–water partition coefficient (Wildman–Crippen LogP) is 0.241. The Morgan fingerprint density at radius 2 is 2.20 bits per heavy atom. The smallest absolute Gasteiger partial charge is 0.404 e. The van der Waals surface area contributed by atoms with Gasteiger partial charge in [-0.05, 0) is 13.8 Å². The normalized spacial score (nSPS) is 15.9. The summed E-state index contributed by atoms with van der Waals surface area (Å²) < 4.78 is 4.54. The van der Waals surface area contributed by atoms with Crippen molar-refractivity contribution in [2.24, 2.45) is 5.73 Å². The molecule has 0 heterocycles. The van der Waals surface area contributed by atoms with Crippen LogP contribution in [0.2, 0.25) is 0 Å². The molecular weight excluding hydrogens is 134 g/mol. The summed E-state index contributed by atoms with van der Waals surface area (Å²) >= 11 is 0. The molecule has 0 aliphatic carbocycles. The molecule has 0 fully saturated rings. The van der Waals surface area contributed by atoms with E-state index in [1.165, 1.54) is 0 Å². The first-order valence-corrected chi connectivity index (χ1v) is 3.16. The second-order valence-corrected chi connectivity index (χ2v) is 2.33. The topological polar surface area (TPSA) is 72.6 Å².